The van der Waals surface area contributed by atoms with Gasteiger partial charge in [0.1, 0.15) is 0 Å². The molecule has 0 saturated heterocycles. The van der Waals surface area contributed by atoms with E-state index >= 15 is 0 Å². The predicted molar refractivity (Wildman–Crippen MR) is 48.1 cm³/mol. The molecule has 0 aromatic rings. The Morgan fingerprint density at radius 2 is 2.18 bits per heavy atom. The molecule has 0 saturated carbocycles. The van der Waals surface area contributed by atoms with Crippen LogP contribution in [0.15, 0.2) is 0 Å². The summed E-state index contributed by atoms with van der Waals surface area (Å²) in [6, 6.07) is 0. The van der Waals surface area contributed by atoms with Gasteiger partial charge in [-0.05, 0) is 20.1 Å². The van der Waals surface area contributed by atoms with Crippen LogP contribution in [0.1, 0.15) is 13.8 Å². The number of rotatable bonds is 5. The Morgan fingerprint density at radius 3 is 2.55 bits per heavy atom. The van der Waals surface area contributed by atoms with Crippen LogP contribution < -0.4 is 5.32 Å². The van der Waals surface area contributed by atoms with Gasteiger partial charge in [0.05, 0.1) is 6.54 Å². The van der Waals surface area contributed by atoms with E-state index in [9.17, 15) is 4.79 Å². The maximum Gasteiger partial charge on any atom is 0.317 e. The number of aliphatic carboxylic acids is 1. The summed E-state index contributed by atoms with van der Waals surface area (Å²) in [5, 5.41) is 11.2. The van der Waals surface area contributed by atoms with E-state index < -0.39 is 5.97 Å². The minimum Gasteiger partial charge on any atom is -0.480 e. The molecule has 0 heterocycles. The average molecular weight is 177 g/mol. The molecule has 0 atom stereocenters. The first kappa shape index (κ1) is 10.8. The fourth-order valence-corrected chi connectivity index (χ4v) is 0.789. The average Bonchev–Trinajstić information content (AvgIpc) is 1.87. The van der Waals surface area contributed by atoms with Crippen molar-refractivity contribution >= 4 is 17.7 Å². The Balaban J connectivity index is 3.45. The highest BCUT2D eigenvalue weighted by Gasteiger charge is 2.14. The van der Waals surface area contributed by atoms with Crippen molar-refractivity contribution in [1.82, 2.24) is 5.32 Å². The number of nitrogens with one attached hydrogen (secondary N) is 1. The molecule has 0 fully saturated rings. The summed E-state index contributed by atoms with van der Waals surface area (Å²) in [5.41, 5.74) is 0. The van der Waals surface area contributed by atoms with Gasteiger partial charge in [-0.2, -0.15) is 11.8 Å². The van der Waals surface area contributed by atoms with Gasteiger partial charge in [-0.25, -0.2) is 0 Å². The minimum absolute atomic E-state index is 0.0456. The molecule has 0 unspecified atom stereocenters. The lowest BCUT2D eigenvalue weighted by Gasteiger charge is -2.21. The van der Waals surface area contributed by atoms with E-state index in [1.54, 1.807) is 11.8 Å². The Hall–Kier alpha value is -0.220. The van der Waals surface area contributed by atoms with Gasteiger partial charge in [-0.15, -0.1) is 0 Å². The highest BCUT2D eigenvalue weighted by atomic mass is 32.2. The van der Waals surface area contributed by atoms with E-state index in [2.05, 4.69) is 19.2 Å². The topological polar surface area (TPSA) is 49.3 Å². The maximum absolute atomic E-state index is 10.1. The monoisotopic (exact) mass is 177 g/mol. The largest absolute Gasteiger partial charge is 0.480 e. The molecule has 11 heavy (non-hydrogen) atoms. The summed E-state index contributed by atoms with van der Waals surface area (Å²) >= 11 is 1.72. The van der Waals surface area contributed by atoms with Gasteiger partial charge in [-0.3, -0.25) is 4.79 Å². The van der Waals surface area contributed by atoms with Gasteiger partial charge in [0.25, 0.3) is 0 Å². The lowest BCUT2D eigenvalue weighted by atomic mass is 10.2. The van der Waals surface area contributed by atoms with Crippen LogP contribution in [0.4, 0.5) is 0 Å². The molecule has 0 amide bonds. The first-order valence-corrected chi connectivity index (χ1v) is 4.68. The Morgan fingerprint density at radius 1 is 1.64 bits per heavy atom. The highest BCUT2D eigenvalue weighted by Crippen LogP contribution is 2.19. The Labute approximate surface area is 71.6 Å². The second kappa shape index (κ2) is 4.62. The van der Waals surface area contributed by atoms with E-state index in [4.69, 9.17) is 5.11 Å². The third-order valence-corrected chi connectivity index (χ3v) is 2.63. The number of thioether (sulfide) groups is 1. The first-order chi connectivity index (χ1) is 4.98. The molecule has 66 valence electrons. The molecule has 2 N–H and O–H groups in total. The summed E-state index contributed by atoms with van der Waals surface area (Å²) in [7, 11) is 0. The van der Waals surface area contributed by atoms with Crippen molar-refractivity contribution < 1.29 is 9.90 Å². The lowest BCUT2D eigenvalue weighted by Crippen LogP contribution is -2.35. The van der Waals surface area contributed by atoms with Crippen LogP contribution in [0.3, 0.4) is 0 Å². The van der Waals surface area contributed by atoms with Gasteiger partial charge in [0.2, 0.25) is 0 Å². The smallest absolute Gasteiger partial charge is 0.317 e. The Bertz CT molecular complexity index is 136. The van der Waals surface area contributed by atoms with Crippen LogP contribution >= 0.6 is 11.8 Å². The van der Waals surface area contributed by atoms with Gasteiger partial charge >= 0.3 is 5.97 Å². The molecular formula is C7H15NO2S. The second-order valence-electron chi connectivity index (χ2n) is 2.96. The quantitative estimate of drug-likeness (QED) is 0.652. The number of carboxylic acid groups (broad SMARTS) is 1. The van der Waals surface area contributed by atoms with Crippen molar-refractivity contribution in [3.63, 3.8) is 0 Å². The molecule has 4 heteroatoms. The zero-order valence-electron chi connectivity index (χ0n) is 7.18. The van der Waals surface area contributed by atoms with Crippen molar-refractivity contribution in [2.24, 2.45) is 0 Å². The summed E-state index contributed by atoms with van der Waals surface area (Å²) in [6.45, 7) is 4.92. The van der Waals surface area contributed by atoms with E-state index in [-0.39, 0.29) is 11.3 Å². The van der Waals surface area contributed by atoms with Crippen LogP contribution in [0.5, 0.6) is 0 Å². The van der Waals surface area contributed by atoms with Gasteiger partial charge < -0.3 is 10.4 Å². The number of hydrogen-bond donors (Lipinski definition) is 2. The summed E-state index contributed by atoms with van der Waals surface area (Å²) in [4.78, 5) is 10.1. The summed E-state index contributed by atoms with van der Waals surface area (Å²) < 4.78 is 0.120. The first-order valence-electron chi connectivity index (χ1n) is 3.45. The van der Waals surface area contributed by atoms with Gasteiger partial charge in [0, 0.05) is 11.3 Å². The molecule has 0 aromatic carbocycles. The van der Waals surface area contributed by atoms with Gasteiger partial charge in [0.15, 0.2) is 0 Å². The van der Waals surface area contributed by atoms with E-state index in [0.29, 0.717) is 0 Å². The third-order valence-electron chi connectivity index (χ3n) is 1.38. The van der Waals surface area contributed by atoms with E-state index in [1.807, 2.05) is 6.26 Å². The minimum atomic E-state index is -0.804. The zero-order chi connectivity index (χ0) is 8.91. The summed E-state index contributed by atoms with van der Waals surface area (Å²) in [6.07, 6.45) is 2.02. The van der Waals surface area contributed by atoms with Crippen molar-refractivity contribution in [3.8, 4) is 0 Å². The molecule has 0 spiro atoms. The third kappa shape index (κ3) is 6.19. The molecule has 0 rings (SSSR count). The number of carboxylic acids is 1. The van der Waals surface area contributed by atoms with Crippen molar-refractivity contribution in [1.29, 1.82) is 0 Å². The van der Waals surface area contributed by atoms with Crippen LogP contribution in [0.2, 0.25) is 0 Å². The molecule has 3 nitrogen and oxygen atoms in total. The van der Waals surface area contributed by atoms with Crippen LogP contribution in [0, 0.1) is 0 Å². The second-order valence-corrected chi connectivity index (χ2v) is 4.47. The number of carbonyl (C=O) groups is 1. The molecule has 0 aliphatic carbocycles. The van der Waals surface area contributed by atoms with Gasteiger partial charge in [-0.1, -0.05) is 0 Å². The van der Waals surface area contributed by atoms with Crippen molar-refractivity contribution in [2.45, 2.75) is 18.6 Å². The summed E-state index contributed by atoms with van der Waals surface area (Å²) in [5.74, 6) is -0.804. The standard InChI is InChI=1S/C7H15NO2S/c1-7(2,11-3)5-8-4-6(9)10/h8H,4-5H2,1-3H3,(H,9,10). The van der Waals surface area contributed by atoms with E-state index in [0.717, 1.165) is 6.54 Å². The fourth-order valence-electron chi connectivity index (χ4n) is 0.543. The number of hydrogen-bond acceptors (Lipinski definition) is 3. The lowest BCUT2D eigenvalue weighted by molar-refractivity contribution is -0.135. The highest BCUT2D eigenvalue weighted by molar-refractivity contribution is 7.99. The molecule has 0 aliphatic heterocycles. The molecule has 0 bridgehead atoms. The SMILES string of the molecule is CSC(C)(C)CNCC(=O)O. The normalized spacial score (nSPS) is 11.5. The molecule has 0 radical (unpaired) electrons. The van der Waals surface area contributed by atoms with Crippen molar-refractivity contribution in [2.75, 3.05) is 19.3 Å². The van der Waals surface area contributed by atoms with Crippen LogP contribution in [0.25, 0.3) is 0 Å². The zero-order valence-corrected chi connectivity index (χ0v) is 7.99. The maximum atomic E-state index is 10.1. The molecule has 0 aliphatic rings. The van der Waals surface area contributed by atoms with Crippen molar-refractivity contribution in [3.05, 3.63) is 0 Å². The van der Waals surface area contributed by atoms with Crippen LogP contribution in [-0.4, -0.2) is 35.2 Å². The van der Waals surface area contributed by atoms with E-state index in [1.165, 1.54) is 0 Å². The molecule has 0 aromatic heterocycles. The predicted octanol–water partition coefficient (Wildman–Crippen LogP) is 0.802. The molecular weight excluding hydrogens is 162 g/mol. The Kier molecular flexibility index (Phi) is 4.52. The van der Waals surface area contributed by atoms with Crippen LogP contribution in [-0.2, 0) is 4.79 Å². The fraction of sp³-hybridized carbons (Fsp3) is 0.857.